The molecule has 140 valence electrons. The minimum absolute atomic E-state index is 0.0286. The molecule has 1 N–H and O–H groups in total. The minimum atomic E-state index is -0.580. The van der Waals surface area contributed by atoms with Gasteiger partial charge in [-0.2, -0.15) is 4.80 Å². The molecule has 0 radical (unpaired) electrons. The van der Waals surface area contributed by atoms with Crippen molar-refractivity contribution in [3.63, 3.8) is 0 Å². The molecule has 0 saturated heterocycles. The second kappa shape index (κ2) is 7.28. The van der Waals surface area contributed by atoms with Crippen molar-refractivity contribution >= 4 is 34.2 Å². The van der Waals surface area contributed by atoms with E-state index in [-0.39, 0.29) is 5.56 Å². The molecule has 28 heavy (non-hydrogen) atoms. The maximum Gasteiger partial charge on any atom is 0.258 e. The molecule has 4 aromatic rings. The Kier molecular flexibility index (Phi) is 4.67. The lowest BCUT2D eigenvalue weighted by atomic mass is 10.2. The van der Waals surface area contributed by atoms with Crippen molar-refractivity contribution in [2.45, 2.75) is 0 Å². The Bertz CT molecular complexity index is 1190. The first-order valence-electron chi connectivity index (χ1n) is 8.32. The van der Waals surface area contributed by atoms with Gasteiger partial charge in [0.05, 0.1) is 23.4 Å². The number of nitrogens with zero attached hydrogens (tertiary/aromatic N) is 3. The molecule has 0 fully saturated rings. The van der Waals surface area contributed by atoms with E-state index in [1.54, 1.807) is 49.6 Å². The summed E-state index contributed by atoms with van der Waals surface area (Å²) in [6, 6.07) is 16.1. The van der Waals surface area contributed by atoms with Crippen LogP contribution in [-0.4, -0.2) is 28.0 Å². The summed E-state index contributed by atoms with van der Waals surface area (Å²) in [4.78, 5) is 13.7. The number of ether oxygens (including phenoxy) is 1. The minimum Gasteiger partial charge on any atom is -0.495 e. The van der Waals surface area contributed by atoms with Crippen molar-refractivity contribution in [2.24, 2.45) is 0 Å². The highest BCUT2D eigenvalue weighted by Gasteiger charge is 2.13. The number of methoxy groups -OCH3 is 1. The SMILES string of the molecule is COc1ccc(-n2nc3ccc(NC(=O)c4ccccc4F)cc3n2)cc1Cl. The maximum atomic E-state index is 13.8. The number of anilines is 1. The van der Waals surface area contributed by atoms with Crippen LogP contribution in [0.25, 0.3) is 16.7 Å². The molecule has 0 aliphatic heterocycles. The Hall–Kier alpha value is -3.45. The van der Waals surface area contributed by atoms with Gasteiger partial charge in [-0.05, 0) is 48.5 Å². The molecule has 0 bridgehead atoms. The second-order valence-corrected chi connectivity index (χ2v) is 6.35. The Morgan fingerprint density at radius 3 is 2.61 bits per heavy atom. The highest BCUT2D eigenvalue weighted by Crippen LogP contribution is 2.27. The maximum absolute atomic E-state index is 13.8. The number of amides is 1. The van der Waals surface area contributed by atoms with Gasteiger partial charge in [0.25, 0.3) is 5.91 Å². The van der Waals surface area contributed by atoms with E-state index in [0.717, 1.165) is 0 Å². The predicted molar refractivity (Wildman–Crippen MR) is 105 cm³/mol. The Labute approximate surface area is 164 Å². The van der Waals surface area contributed by atoms with Gasteiger partial charge in [0.1, 0.15) is 22.6 Å². The molecule has 8 heteroatoms. The summed E-state index contributed by atoms with van der Waals surface area (Å²) in [5.41, 5.74) is 2.33. The van der Waals surface area contributed by atoms with E-state index < -0.39 is 11.7 Å². The zero-order valence-corrected chi connectivity index (χ0v) is 15.4. The molecule has 0 aliphatic rings. The highest BCUT2D eigenvalue weighted by molar-refractivity contribution is 6.32. The van der Waals surface area contributed by atoms with Gasteiger partial charge in [0, 0.05) is 5.69 Å². The van der Waals surface area contributed by atoms with Gasteiger partial charge in [-0.1, -0.05) is 23.7 Å². The quantitative estimate of drug-likeness (QED) is 0.552. The first-order valence-corrected chi connectivity index (χ1v) is 8.70. The van der Waals surface area contributed by atoms with Crippen LogP contribution in [0.3, 0.4) is 0 Å². The highest BCUT2D eigenvalue weighted by atomic mass is 35.5. The van der Waals surface area contributed by atoms with Crippen LogP contribution in [0.5, 0.6) is 5.75 Å². The van der Waals surface area contributed by atoms with Crippen LogP contribution in [0.15, 0.2) is 60.7 Å². The number of hydrogen-bond acceptors (Lipinski definition) is 4. The number of hydrogen-bond donors (Lipinski definition) is 1. The lowest BCUT2D eigenvalue weighted by Crippen LogP contribution is -2.13. The van der Waals surface area contributed by atoms with Crippen molar-refractivity contribution in [1.82, 2.24) is 15.0 Å². The van der Waals surface area contributed by atoms with Crippen molar-refractivity contribution in [3.8, 4) is 11.4 Å². The number of carbonyl (C=O) groups excluding carboxylic acids is 1. The molecular formula is C20H14ClFN4O2. The monoisotopic (exact) mass is 396 g/mol. The molecule has 1 amide bonds. The van der Waals surface area contributed by atoms with Gasteiger partial charge >= 0.3 is 0 Å². The lowest BCUT2D eigenvalue weighted by molar-refractivity contribution is 0.102. The van der Waals surface area contributed by atoms with E-state index in [1.807, 2.05) is 0 Å². The molecule has 1 heterocycles. The fourth-order valence-electron chi connectivity index (χ4n) is 2.73. The van der Waals surface area contributed by atoms with Crippen LogP contribution in [-0.2, 0) is 0 Å². The molecule has 0 unspecified atom stereocenters. The number of benzene rings is 3. The normalized spacial score (nSPS) is 10.8. The summed E-state index contributed by atoms with van der Waals surface area (Å²) in [6.07, 6.45) is 0. The summed E-state index contributed by atoms with van der Waals surface area (Å²) >= 11 is 6.16. The van der Waals surface area contributed by atoms with E-state index in [2.05, 4.69) is 15.5 Å². The number of aromatic nitrogens is 3. The number of nitrogens with one attached hydrogen (secondary N) is 1. The average Bonchev–Trinajstić information content (AvgIpc) is 3.11. The zero-order chi connectivity index (χ0) is 19.7. The molecule has 6 nitrogen and oxygen atoms in total. The fourth-order valence-corrected chi connectivity index (χ4v) is 2.98. The number of rotatable bonds is 4. The Morgan fingerprint density at radius 2 is 1.86 bits per heavy atom. The Morgan fingerprint density at radius 1 is 1.07 bits per heavy atom. The molecule has 0 spiro atoms. The third-order valence-electron chi connectivity index (χ3n) is 4.12. The van der Waals surface area contributed by atoms with Crippen molar-refractivity contribution < 1.29 is 13.9 Å². The van der Waals surface area contributed by atoms with Crippen molar-refractivity contribution in [2.75, 3.05) is 12.4 Å². The van der Waals surface area contributed by atoms with E-state index >= 15 is 0 Å². The number of carbonyl (C=O) groups is 1. The second-order valence-electron chi connectivity index (χ2n) is 5.95. The van der Waals surface area contributed by atoms with Gasteiger partial charge in [0.15, 0.2) is 0 Å². The first-order chi connectivity index (χ1) is 13.5. The van der Waals surface area contributed by atoms with E-state index in [1.165, 1.54) is 23.0 Å². The molecule has 4 rings (SSSR count). The zero-order valence-electron chi connectivity index (χ0n) is 14.7. The lowest BCUT2D eigenvalue weighted by Gasteiger charge is -2.05. The molecule has 0 saturated carbocycles. The van der Waals surface area contributed by atoms with Gasteiger partial charge in [-0.25, -0.2) is 4.39 Å². The van der Waals surface area contributed by atoms with Gasteiger partial charge in [-0.3, -0.25) is 4.79 Å². The summed E-state index contributed by atoms with van der Waals surface area (Å²) < 4.78 is 18.9. The predicted octanol–water partition coefficient (Wildman–Crippen LogP) is 4.47. The third kappa shape index (κ3) is 3.39. The van der Waals surface area contributed by atoms with E-state index in [4.69, 9.17) is 16.3 Å². The van der Waals surface area contributed by atoms with Gasteiger partial charge in [-0.15, -0.1) is 10.2 Å². The fraction of sp³-hybridized carbons (Fsp3) is 0.0500. The Balaban J connectivity index is 1.62. The summed E-state index contributed by atoms with van der Waals surface area (Å²) in [7, 11) is 1.54. The van der Waals surface area contributed by atoms with Crippen molar-refractivity contribution in [3.05, 3.63) is 77.1 Å². The third-order valence-corrected chi connectivity index (χ3v) is 4.42. The number of fused-ring (bicyclic) bond motifs is 1. The molecule has 0 atom stereocenters. The van der Waals surface area contributed by atoms with Crippen LogP contribution in [0.2, 0.25) is 5.02 Å². The van der Waals surface area contributed by atoms with E-state index in [9.17, 15) is 9.18 Å². The van der Waals surface area contributed by atoms with Gasteiger partial charge < -0.3 is 10.1 Å². The molecule has 1 aromatic heterocycles. The number of halogens is 2. The largest absolute Gasteiger partial charge is 0.495 e. The summed E-state index contributed by atoms with van der Waals surface area (Å²) in [6.45, 7) is 0. The summed E-state index contributed by atoms with van der Waals surface area (Å²) in [5, 5.41) is 11.9. The van der Waals surface area contributed by atoms with Crippen LogP contribution in [0, 0.1) is 5.82 Å². The molecule has 3 aromatic carbocycles. The standard InChI is InChI=1S/C20H14ClFN4O2/c1-28-19-9-7-13(11-15(19)21)26-24-17-8-6-12(10-18(17)25-26)23-20(27)14-4-2-3-5-16(14)22/h2-11H,1H3,(H,23,27). The molecule has 0 aliphatic carbocycles. The first kappa shape index (κ1) is 17.9. The van der Waals surface area contributed by atoms with Crippen LogP contribution in [0.1, 0.15) is 10.4 Å². The molecular weight excluding hydrogens is 383 g/mol. The van der Waals surface area contributed by atoms with Crippen molar-refractivity contribution in [1.29, 1.82) is 0 Å². The topological polar surface area (TPSA) is 69.0 Å². The summed E-state index contributed by atoms with van der Waals surface area (Å²) in [5.74, 6) is -0.560. The van der Waals surface area contributed by atoms with Crippen LogP contribution in [0.4, 0.5) is 10.1 Å². The van der Waals surface area contributed by atoms with Gasteiger partial charge in [0.2, 0.25) is 0 Å². The smallest absolute Gasteiger partial charge is 0.258 e. The van der Waals surface area contributed by atoms with E-state index in [0.29, 0.717) is 33.2 Å². The average molecular weight is 397 g/mol. The van der Waals surface area contributed by atoms with Crippen LogP contribution < -0.4 is 10.1 Å². The van der Waals surface area contributed by atoms with Crippen LogP contribution >= 0.6 is 11.6 Å².